The second-order valence-electron chi connectivity index (χ2n) is 35.0. The summed E-state index contributed by atoms with van der Waals surface area (Å²) in [6, 6.07) is 10.1. The number of rotatable bonds is 28. The number of primary amides is 1. The number of nitrogens with zero attached hydrogens (tertiary/aromatic N) is 4. The second-order valence-corrected chi connectivity index (χ2v) is 38.6. The molecule has 11 bridgehead atoms. The van der Waals surface area contributed by atoms with Gasteiger partial charge in [-0.05, 0) is 122 Å². The van der Waals surface area contributed by atoms with Gasteiger partial charge in [-0.1, -0.05) is 89.4 Å². The Labute approximate surface area is 810 Å². The van der Waals surface area contributed by atoms with Crippen LogP contribution >= 0.6 is 57.9 Å². The van der Waals surface area contributed by atoms with Crippen LogP contribution in [0.15, 0.2) is 126 Å². The Morgan fingerprint density at radius 1 is 0.783 bits per heavy atom. The number of anilines is 1. The van der Waals surface area contributed by atoms with Crippen LogP contribution < -0.4 is 67.7 Å². The minimum absolute atomic E-state index is 0.0496. The van der Waals surface area contributed by atoms with Crippen molar-refractivity contribution in [3.05, 3.63) is 169 Å². The molecule has 3 saturated heterocycles. The fraction of sp³-hybridized carbons (Fsp3) is 0.435. The number of carbonyl (C=O) groups excluding carboxylic acids is 11. The molecule has 6 amide bonds. The molecule has 0 radical (unpaired) electrons. The summed E-state index contributed by atoms with van der Waals surface area (Å²) in [5, 5.41) is 135. The number of carbonyl (C=O) groups is 11. The third kappa shape index (κ3) is 22.5. The lowest BCUT2D eigenvalue weighted by atomic mass is 9.84. The number of aromatic nitrogens is 2. The number of benzene rings is 5. The number of β-lactam (4-membered cyclic amide) rings is 1. The number of halogens is 3. The third-order valence-corrected chi connectivity index (χ3v) is 27.7. The molecule has 16 rings (SSSR count). The van der Waals surface area contributed by atoms with Crippen LogP contribution in [0.4, 0.5) is 5.13 Å². The van der Waals surface area contributed by atoms with Gasteiger partial charge >= 0.3 is 0 Å². The number of pyridine rings is 1. The molecular weight excluding hydrogens is 1910 g/mol. The van der Waals surface area contributed by atoms with Crippen LogP contribution in [0, 0.1) is 17.8 Å². The number of hydrogen-bond donors (Lipinski definition) is 17. The molecule has 7 aromatic rings. The van der Waals surface area contributed by atoms with Gasteiger partial charge in [-0.15, -0.1) is 11.8 Å². The summed E-state index contributed by atoms with van der Waals surface area (Å²) in [6.07, 6.45) is -18.5. The quantitative estimate of drug-likeness (QED) is 0.0110. The number of aliphatic carboxylic acids is 1. The molecule has 11 heterocycles. The Kier molecular flexibility index (Phi) is 32.2. The first-order valence-corrected chi connectivity index (χ1v) is 46.9. The summed E-state index contributed by atoms with van der Waals surface area (Å²) in [5.41, 5.74) is 14.2. The average molecular weight is 2010 g/mol. The van der Waals surface area contributed by atoms with Crippen LogP contribution in [0.25, 0.3) is 11.1 Å². The maximum Gasteiger partial charge on any atom is 0.246 e. The molecule has 0 aliphatic carbocycles. The number of carboxylic acid groups (broad SMARTS) is 1. The second kappa shape index (κ2) is 43.4. The van der Waals surface area contributed by atoms with Crippen molar-refractivity contribution in [2.45, 2.75) is 194 Å². The number of oxime groups is 1. The minimum Gasteiger partial charge on any atom is -0.543 e. The normalized spacial score (nSPS) is 27.0. The maximum absolute atomic E-state index is 16.5. The van der Waals surface area contributed by atoms with Crippen molar-refractivity contribution in [1.82, 2.24) is 36.5 Å². The van der Waals surface area contributed by atoms with Gasteiger partial charge in [-0.3, -0.25) is 52.8 Å². The van der Waals surface area contributed by atoms with Gasteiger partial charge in [-0.25, -0.2) is 9.55 Å². The highest BCUT2D eigenvalue weighted by Gasteiger charge is 2.55. The largest absolute Gasteiger partial charge is 0.543 e. The Hall–Kier alpha value is -11.6. The molecule has 20 N–H and O–H groups in total. The molecule has 2 aromatic heterocycles. The number of ketones is 4. The first-order chi connectivity index (χ1) is 65.6. The number of aliphatic hydroxyl groups excluding tert-OH is 6. The molecule has 9 aliphatic rings. The number of Topliss-reactive ketones (excluding diaryl/α,β-unsaturated/α-hetero) is 4. The number of thiazole rings is 1. The van der Waals surface area contributed by atoms with E-state index in [1.807, 2.05) is 13.8 Å². The number of likely N-dealkylation sites (N-methyl/N-ethyl adjacent to an activating group) is 1. The molecule has 3 fully saturated rings. The highest BCUT2D eigenvalue weighted by Crippen LogP contribution is 2.52. The standard InChI is InChI=1S/C92H101Cl3N12O29S2/c1-38(2)22-53(99-5)85(124)102-71-57(113)26-44(29-65(96)116)83(122)100-68-43-27-62(132-60-15-12-41(75(71)117)24-51(60)93)79(136-90-80(78(120)77(119)64(36-108)134-90)135-66-34-92(4,98)81(121)39(3)131-66)63(28-43)133-61-16-13-42(25-52(61)94)76(118)73-86(125)101-69(49-30-46(109)31-56(112)67(49)48-23-40(11-14-54(48)110)47(32-58(68)114)84(123)103-73)55(111)10-9-19-129-20-21-130-105-70(72-82(95)138-91(97)104-72)59(115)33-50-87(126)107-74(89(127)128)45(37-137-88(50)107)35-106-17-7-6-8-18-106/h6-8,11-18,23-25,27-28,30-31,38-39,44,47,50,53,64,66,68-69,71,73,75-78,80-81,88,90,99,108,117-121H,9-10,19-22,26,29,32-37,98H2,1-5H3,(H11-,96,97,100,101,102,103,104,105,109,110,112,115,116,122,123,124,125,127,128)/t39-,44-,47+,50+,53+,64+,66-,68+,69-,71?,73-,75+,76+,77+,78-,80+,81+,88+,90-,92-/m0/s1. The number of amides is 6. The van der Waals surface area contributed by atoms with Crippen molar-refractivity contribution in [1.29, 1.82) is 0 Å². The topological polar surface area (TPSA) is 637 Å². The van der Waals surface area contributed by atoms with Crippen molar-refractivity contribution in [2.75, 3.05) is 45.0 Å². The van der Waals surface area contributed by atoms with E-state index in [1.165, 1.54) is 50.9 Å². The van der Waals surface area contributed by atoms with Gasteiger partial charge in [0.2, 0.25) is 47.5 Å². The number of nitrogen functional groups attached to an aromatic ring is 1. The smallest absolute Gasteiger partial charge is 0.246 e. The number of thioether (sulfide) groups is 1. The van der Waals surface area contributed by atoms with E-state index in [4.69, 9.17) is 90.0 Å². The Morgan fingerprint density at radius 3 is 2.09 bits per heavy atom. The Morgan fingerprint density at radius 2 is 1.46 bits per heavy atom. The zero-order chi connectivity index (χ0) is 99.5. The molecule has 0 spiro atoms. The molecule has 1 unspecified atom stereocenters. The van der Waals surface area contributed by atoms with Crippen LogP contribution in [0.5, 0.6) is 46.0 Å². The molecular formula is C92H101Cl3N12O29S2. The number of carboxylic acids is 1. The van der Waals surface area contributed by atoms with E-state index < -0.39 is 297 Å². The van der Waals surface area contributed by atoms with Gasteiger partial charge in [0.1, 0.15) is 100 Å². The lowest BCUT2D eigenvalue weighted by Crippen LogP contribution is -2.64. The Bertz CT molecular complexity index is 5960. The summed E-state index contributed by atoms with van der Waals surface area (Å²) < 4.78 is 46.4. The number of aromatic hydroxyl groups is 3. The van der Waals surface area contributed by atoms with Crippen LogP contribution in [0.2, 0.25) is 14.4 Å². The zero-order valence-corrected chi connectivity index (χ0v) is 78.4. The van der Waals surface area contributed by atoms with Crippen molar-refractivity contribution in [2.24, 2.45) is 34.4 Å². The SMILES string of the molecule is CN[C@H](CC(C)C)C(=O)NC1C(=O)C[C@@H](CC(N)=O)C(=O)N[C@H]2C(=O)C[C@H]3C(=O)N[C@H](C(=O)N[C@H](C(=O)CCCOCCO/N=C(\C(=O)C[C@@H]4C(=O)N5C(C(=O)[O-])=C(C[n+]6ccccc6)CS[C@H]45)c4nc(N)sc4Cl)c4cc(O)cc(O)c4-c4cc3ccc4O)[C@H](O)c3ccc(c(Cl)c3)Oc3cc2cc(c3O[C@@H]2O[C@H](CO)[C@@H](O)[C@H](O)[C@H]2O[C@H]2C[C@](C)(N)[C@H](O)[C@H](C)O2)Oc2ccc(cc2Cl)[C@H]1O. The Balaban J connectivity index is 0.818. The highest BCUT2D eigenvalue weighted by molar-refractivity contribution is 8.00. The minimum atomic E-state index is -2.29. The number of ether oxygens (including phenoxy) is 7. The van der Waals surface area contributed by atoms with Crippen LogP contribution in [-0.2, 0) is 83.1 Å². The predicted molar refractivity (Wildman–Crippen MR) is 488 cm³/mol. The molecule has 138 heavy (non-hydrogen) atoms. The van der Waals surface area contributed by atoms with Gasteiger partial charge in [0.15, 0.2) is 76.8 Å². The first kappa shape index (κ1) is 102. The molecule has 41 nitrogen and oxygen atoms in total. The van der Waals surface area contributed by atoms with Crippen LogP contribution in [-0.4, -0.2) is 244 Å². The highest BCUT2D eigenvalue weighted by atomic mass is 35.5. The molecule has 46 heteroatoms. The number of hydrogen-bond acceptors (Lipinski definition) is 36. The fourth-order valence-electron chi connectivity index (χ4n) is 17.5. The zero-order valence-electron chi connectivity index (χ0n) is 74.5. The predicted octanol–water partition coefficient (Wildman–Crippen LogP) is 2.96. The molecule has 736 valence electrons. The number of aliphatic hydroxyl groups is 6. The van der Waals surface area contributed by atoms with Crippen molar-refractivity contribution in [3.63, 3.8) is 0 Å². The third-order valence-electron chi connectivity index (χ3n) is 24.6. The first-order valence-electron chi connectivity index (χ1n) is 43.9. The number of phenolic OH excluding ortho intramolecular Hbond substituents is 3. The number of nitrogens with two attached hydrogens (primary N) is 3. The van der Waals surface area contributed by atoms with E-state index >= 15 is 28.8 Å². The fourth-order valence-corrected chi connectivity index (χ4v) is 20.3. The summed E-state index contributed by atoms with van der Waals surface area (Å²) in [6.45, 7) is 4.89. The van der Waals surface area contributed by atoms with Gasteiger partial charge < -0.3 is 138 Å². The molecule has 20 atom stereocenters. The summed E-state index contributed by atoms with van der Waals surface area (Å²) in [4.78, 5) is 174. The summed E-state index contributed by atoms with van der Waals surface area (Å²) >= 11 is 23.0. The monoisotopic (exact) mass is 2010 g/mol. The van der Waals surface area contributed by atoms with Crippen molar-refractivity contribution < 1.29 is 146 Å². The van der Waals surface area contributed by atoms with Gasteiger partial charge in [0.25, 0.3) is 0 Å². The summed E-state index contributed by atoms with van der Waals surface area (Å²) in [5.74, 6) is -21.8. The number of fused-ring (bicyclic) bond motifs is 16. The van der Waals surface area contributed by atoms with E-state index in [2.05, 4.69) is 36.7 Å². The van der Waals surface area contributed by atoms with E-state index in [-0.39, 0.29) is 106 Å². The van der Waals surface area contributed by atoms with Crippen LogP contribution in [0.1, 0.15) is 143 Å². The molecule has 9 aliphatic heterocycles. The van der Waals surface area contributed by atoms with E-state index in [0.717, 1.165) is 76.9 Å². The molecule has 5 aromatic carbocycles. The lowest BCUT2D eigenvalue weighted by molar-refractivity contribution is -0.689. The van der Waals surface area contributed by atoms with Gasteiger partial charge in [0, 0.05) is 91.3 Å². The number of nitrogens with one attached hydrogen (secondary N) is 5. The van der Waals surface area contributed by atoms with Crippen LogP contribution in [0.3, 0.4) is 0 Å². The van der Waals surface area contributed by atoms with Crippen molar-refractivity contribution in [3.8, 4) is 57.1 Å². The van der Waals surface area contributed by atoms with E-state index in [1.54, 1.807) is 35.2 Å². The lowest BCUT2D eigenvalue weighted by Gasteiger charge is -2.50. The van der Waals surface area contributed by atoms with Crippen molar-refractivity contribution >= 4 is 133 Å². The van der Waals surface area contributed by atoms with Gasteiger partial charge in [-0.2, -0.15) is 0 Å². The van der Waals surface area contributed by atoms with Gasteiger partial charge in [0.05, 0.1) is 76.3 Å². The average Bonchev–Trinajstić information content (AvgIpc) is 0.761. The number of phenols is 3. The molecule has 0 saturated carbocycles. The summed E-state index contributed by atoms with van der Waals surface area (Å²) in [7, 11) is 1.49. The van der Waals surface area contributed by atoms with E-state index in [0.29, 0.717) is 5.57 Å². The maximum atomic E-state index is 16.5. The van der Waals surface area contributed by atoms with E-state index in [9.17, 15) is 75.0 Å².